The lowest BCUT2D eigenvalue weighted by Gasteiger charge is -2.44. The van der Waals surface area contributed by atoms with Gasteiger partial charge < -0.3 is 22.8 Å². The van der Waals surface area contributed by atoms with E-state index in [1.165, 1.54) is 11.1 Å². The molecule has 1 aliphatic rings. The van der Waals surface area contributed by atoms with E-state index in [2.05, 4.69) is 109 Å². The predicted octanol–water partition coefficient (Wildman–Crippen LogP) is 12.3. The van der Waals surface area contributed by atoms with Crippen LogP contribution in [0.15, 0.2) is 35.5 Å². The van der Waals surface area contributed by atoms with Crippen LogP contribution in [0.2, 0.25) is 52.9 Å². The van der Waals surface area contributed by atoms with E-state index in [0.29, 0.717) is 29.8 Å². The maximum atomic E-state index is 12.9. The molecule has 1 heterocycles. The Labute approximate surface area is 313 Å². The van der Waals surface area contributed by atoms with Gasteiger partial charge in [-0.3, -0.25) is 0 Å². The van der Waals surface area contributed by atoms with Gasteiger partial charge in [-0.2, -0.15) is 0 Å². The minimum absolute atomic E-state index is 0.190. The maximum absolute atomic E-state index is 12.9. The topological polar surface area (TPSA) is 63.2 Å². The number of carbonyl (C=O) groups is 1. The van der Waals surface area contributed by atoms with Crippen molar-refractivity contribution in [2.24, 2.45) is 0 Å². The molecule has 0 spiro atoms. The van der Waals surface area contributed by atoms with Crippen LogP contribution in [-0.4, -0.2) is 68.0 Å². The van der Waals surface area contributed by atoms with Crippen molar-refractivity contribution in [1.29, 1.82) is 0 Å². The van der Waals surface area contributed by atoms with Crippen LogP contribution in [0.5, 0.6) is 0 Å². The highest BCUT2D eigenvalue weighted by Crippen LogP contribution is 2.43. The highest BCUT2D eigenvalue weighted by molar-refractivity contribution is 6.77. The quantitative estimate of drug-likeness (QED) is 0.0503. The standard InChI is InChI=1S/C41H80O6Si3/c1-17-48(18-2,19-3)43-30-36(15)28-38-29-37(31-44-50(33(9)10,34(11)12)35(13)14)24-23-27-41(16,47-49(20-4,21-5)22-6)39(46-38)25-26-40(42)45-32(7)8/h24-26,28,32-35,38-39H,17-23,27,29-31H2,1-16H3/b26-25+,36-28+,37-24+/t38-,39+,41+/m0/s1. The molecule has 0 unspecified atom stereocenters. The van der Waals surface area contributed by atoms with E-state index in [-0.39, 0.29) is 18.2 Å². The van der Waals surface area contributed by atoms with Crippen LogP contribution in [0.25, 0.3) is 0 Å². The van der Waals surface area contributed by atoms with Crippen LogP contribution in [-0.2, 0) is 27.5 Å². The first kappa shape index (κ1) is 47.2. The number of esters is 1. The molecule has 0 amide bonds. The van der Waals surface area contributed by atoms with Gasteiger partial charge in [0, 0.05) is 12.5 Å². The van der Waals surface area contributed by atoms with Crippen LogP contribution in [0.4, 0.5) is 0 Å². The van der Waals surface area contributed by atoms with Crippen molar-refractivity contribution in [2.75, 3.05) is 13.2 Å². The van der Waals surface area contributed by atoms with Gasteiger partial charge in [0.05, 0.1) is 31.0 Å². The second-order valence-corrected chi connectivity index (χ2v) is 31.3. The minimum atomic E-state index is -2.08. The molecule has 0 aliphatic carbocycles. The monoisotopic (exact) mass is 753 g/mol. The van der Waals surface area contributed by atoms with Gasteiger partial charge >= 0.3 is 5.97 Å². The predicted molar refractivity (Wildman–Crippen MR) is 222 cm³/mol. The van der Waals surface area contributed by atoms with Gasteiger partial charge in [-0.1, -0.05) is 101 Å². The summed E-state index contributed by atoms with van der Waals surface area (Å²) in [5.74, 6) is -0.350. The van der Waals surface area contributed by atoms with Crippen molar-refractivity contribution in [1.82, 2.24) is 0 Å². The zero-order valence-electron chi connectivity index (χ0n) is 35.5. The Morgan fingerprint density at radius 3 is 1.84 bits per heavy atom. The molecule has 0 bridgehead atoms. The summed E-state index contributed by atoms with van der Waals surface area (Å²) in [6, 6.07) is 6.49. The lowest BCUT2D eigenvalue weighted by atomic mass is 9.92. The minimum Gasteiger partial charge on any atom is -0.460 e. The van der Waals surface area contributed by atoms with Crippen molar-refractivity contribution >= 4 is 30.9 Å². The van der Waals surface area contributed by atoms with Gasteiger partial charge in [0.1, 0.15) is 6.10 Å². The fourth-order valence-corrected chi connectivity index (χ4v) is 19.5. The van der Waals surface area contributed by atoms with E-state index in [4.69, 9.17) is 22.8 Å². The maximum Gasteiger partial charge on any atom is 0.330 e. The molecular formula is C41H80O6Si3. The van der Waals surface area contributed by atoms with Crippen molar-refractivity contribution in [3.63, 3.8) is 0 Å². The average Bonchev–Trinajstić information content (AvgIpc) is 3.11. The molecule has 0 saturated carbocycles. The fourth-order valence-electron chi connectivity index (χ4n) is 8.31. The Morgan fingerprint density at radius 1 is 0.860 bits per heavy atom. The summed E-state index contributed by atoms with van der Waals surface area (Å²) >= 11 is 0. The molecule has 1 rings (SSSR count). The number of rotatable bonds is 21. The molecule has 1 aliphatic heterocycles. The summed E-state index contributed by atoms with van der Waals surface area (Å²) < 4.78 is 34.0. The first-order valence-electron chi connectivity index (χ1n) is 20.2. The van der Waals surface area contributed by atoms with Crippen LogP contribution in [0, 0.1) is 0 Å². The van der Waals surface area contributed by atoms with E-state index in [1.54, 1.807) is 6.08 Å². The lowest BCUT2D eigenvalue weighted by Crippen LogP contribution is -2.52. The zero-order valence-corrected chi connectivity index (χ0v) is 38.5. The Balaban J connectivity index is 3.80. The molecule has 0 aromatic carbocycles. The van der Waals surface area contributed by atoms with Gasteiger partial charge in [-0.25, -0.2) is 4.79 Å². The number of allylic oxidation sites excluding steroid dienone is 1. The highest BCUT2D eigenvalue weighted by Gasteiger charge is 2.46. The number of hydrogen-bond acceptors (Lipinski definition) is 6. The van der Waals surface area contributed by atoms with Crippen LogP contribution < -0.4 is 0 Å². The van der Waals surface area contributed by atoms with Gasteiger partial charge in [0.15, 0.2) is 16.6 Å². The molecule has 9 heteroatoms. The van der Waals surface area contributed by atoms with Crippen LogP contribution in [0.3, 0.4) is 0 Å². The van der Waals surface area contributed by atoms with Gasteiger partial charge in [0.2, 0.25) is 8.32 Å². The summed E-state index contributed by atoms with van der Waals surface area (Å²) in [5.41, 5.74) is 3.39. The van der Waals surface area contributed by atoms with Crippen LogP contribution in [0.1, 0.15) is 130 Å². The fraction of sp³-hybridized carbons (Fsp3) is 0.829. The normalized spacial score (nSPS) is 23.0. The summed E-state index contributed by atoms with van der Waals surface area (Å²) in [6.45, 7) is 37.1. The molecule has 0 aromatic rings. The zero-order chi connectivity index (χ0) is 38.3. The Kier molecular flexibility index (Phi) is 20.6. The number of carbonyl (C=O) groups excluding carboxylic acids is 1. The molecule has 0 aromatic heterocycles. The molecule has 6 nitrogen and oxygen atoms in total. The summed E-state index contributed by atoms with van der Waals surface area (Å²) in [5, 5.41) is 0. The van der Waals surface area contributed by atoms with Crippen molar-refractivity contribution in [3.8, 4) is 0 Å². The summed E-state index contributed by atoms with van der Waals surface area (Å²) in [4.78, 5) is 12.9. The molecule has 3 atom stereocenters. The second kappa shape index (κ2) is 21.8. The first-order chi connectivity index (χ1) is 23.4. The molecule has 0 fully saturated rings. The molecular weight excluding hydrogens is 673 g/mol. The smallest absolute Gasteiger partial charge is 0.330 e. The SMILES string of the molecule is CC[Si](CC)(CC)OC/C(C)=C/[C@H]1C/C(CO[Si](C(C)C)(C(C)C)C(C)C)=C\CC[C@@](C)(O[Si](CC)(CC)CC)[C@@H](/C=C/C(=O)OC(C)C)O1. The van der Waals surface area contributed by atoms with Gasteiger partial charge in [0.25, 0.3) is 0 Å². The second-order valence-electron chi connectivity index (χ2n) is 16.4. The van der Waals surface area contributed by atoms with E-state index < -0.39 is 36.7 Å². The van der Waals surface area contributed by atoms with Crippen molar-refractivity contribution in [3.05, 3.63) is 35.5 Å². The Hall–Kier alpha value is -0.819. The third-order valence-electron chi connectivity index (χ3n) is 11.8. The van der Waals surface area contributed by atoms with Crippen molar-refractivity contribution in [2.45, 2.75) is 207 Å². The Morgan fingerprint density at radius 2 is 1.38 bits per heavy atom. The number of hydrogen-bond donors (Lipinski definition) is 0. The largest absolute Gasteiger partial charge is 0.460 e. The molecule has 50 heavy (non-hydrogen) atoms. The Bertz CT molecular complexity index is 1050. The van der Waals surface area contributed by atoms with Crippen molar-refractivity contribution < 1.29 is 27.5 Å². The molecule has 0 N–H and O–H groups in total. The van der Waals surface area contributed by atoms with E-state index >= 15 is 0 Å². The van der Waals surface area contributed by atoms with E-state index in [0.717, 1.165) is 55.5 Å². The molecule has 292 valence electrons. The van der Waals surface area contributed by atoms with Crippen LogP contribution >= 0.6 is 0 Å². The average molecular weight is 753 g/mol. The summed E-state index contributed by atoms with van der Waals surface area (Å²) in [6.07, 6.45) is 9.66. The third kappa shape index (κ3) is 13.2. The van der Waals surface area contributed by atoms with Gasteiger partial charge in [-0.15, -0.1) is 0 Å². The molecule has 0 radical (unpaired) electrons. The number of ether oxygens (including phenoxy) is 2. The van der Waals surface area contributed by atoms with E-state index in [1.807, 2.05) is 19.9 Å². The lowest BCUT2D eigenvalue weighted by molar-refractivity contribution is -0.141. The molecule has 0 saturated heterocycles. The first-order valence-corrected chi connectivity index (χ1v) is 27.4. The summed E-state index contributed by atoms with van der Waals surface area (Å²) in [7, 11) is -5.88. The van der Waals surface area contributed by atoms with Gasteiger partial charge in [-0.05, 0) is 105 Å². The van der Waals surface area contributed by atoms with E-state index in [9.17, 15) is 4.79 Å². The highest BCUT2D eigenvalue weighted by atomic mass is 28.4. The third-order valence-corrected chi connectivity index (χ3v) is 27.3.